The van der Waals surface area contributed by atoms with E-state index < -0.39 is 5.82 Å². The number of hydrogen-bond donors (Lipinski definition) is 1. The molecule has 3 rings (SSSR count). The van der Waals surface area contributed by atoms with Crippen LogP contribution in [0.25, 0.3) is 10.1 Å². The fourth-order valence-electron chi connectivity index (χ4n) is 2.00. The molecular weight excluding hydrogens is 291 g/mol. The minimum atomic E-state index is -0.460. The highest BCUT2D eigenvalue weighted by Crippen LogP contribution is 2.17. The molecule has 0 bridgehead atoms. The molecule has 0 spiro atoms. The van der Waals surface area contributed by atoms with Gasteiger partial charge >= 0.3 is 0 Å². The van der Waals surface area contributed by atoms with Crippen LogP contribution in [0, 0.1) is 5.82 Å². The second-order valence-corrected chi connectivity index (χ2v) is 5.55. The monoisotopic (exact) mass is 302 g/mol. The zero-order chi connectivity index (χ0) is 14.8. The highest BCUT2D eigenvalue weighted by molar-refractivity contribution is 7.13. The Balaban J connectivity index is 1.83. The molecule has 1 amide bonds. The first kappa shape index (κ1) is 13.5. The number of carbonyl (C=O) groups is 1. The van der Waals surface area contributed by atoms with E-state index in [1.54, 1.807) is 18.2 Å². The van der Waals surface area contributed by atoms with Crippen LogP contribution in [-0.2, 0) is 11.3 Å². The second kappa shape index (κ2) is 5.49. The van der Waals surface area contributed by atoms with Crippen LogP contribution < -0.4 is 10.9 Å². The van der Waals surface area contributed by atoms with Gasteiger partial charge in [-0.1, -0.05) is 29.7 Å². The molecule has 0 atom stereocenters. The van der Waals surface area contributed by atoms with Crippen molar-refractivity contribution >= 4 is 33.2 Å². The second-order valence-electron chi connectivity index (χ2n) is 4.49. The molecule has 1 aromatic heterocycles. The van der Waals surface area contributed by atoms with Gasteiger partial charge in [0.05, 0.1) is 10.1 Å². The molecule has 21 heavy (non-hydrogen) atoms. The lowest BCUT2D eigenvalue weighted by atomic mass is 10.3. The fourth-order valence-corrected chi connectivity index (χ4v) is 2.97. The number of rotatable bonds is 3. The maximum absolute atomic E-state index is 13.2. The first-order valence-electron chi connectivity index (χ1n) is 6.28. The topological polar surface area (TPSA) is 51.1 Å². The van der Waals surface area contributed by atoms with Crippen LogP contribution in [-0.4, -0.2) is 9.86 Å². The molecule has 1 N–H and O–H groups in total. The molecule has 3 aromatic rings. The third-order valence-corrected chi connectivity index (χ3v) is 4.02. The number of halogens is 1. The van der Waals surface area contributed by atoms with Gasteiger partial charge in [-0.3, -0.25) is 13.5 Å². The summed E-state index contributed by atoms with van der Waals surface area (Å²) in [5.74, 6) is -0.756. The Kier molecular flexibility index (Phi) is 3.53. The summed E-state index contributed by atoms with van der Waals surface area (Å²) < 4.78 is 15.1. The van der Waals surface area contributed by atoms with E-state index in [4.69, 9.17) is 0 Å². The third kappa shape index (κ3) is 2.85. The first-order valence-corrected chi connectivity index (χ1v) is 7.05. The van der Waals surface area contributed by atoms with Crippen LogP contribution in [0.1, 0.15) is 0 Å². The fraction of sp³-hybridized carbons (Fsp3) is 0.0667. The molecule has 0 aliphatic heterocycles. The van der Waals surface area contributed by atoms with Crippen LogP contribution in [0.15, 0.2) is 53.3 Å². The third-order valence-electron chi connectivity index (χ3n) is 2.95. The van der Waals surface area contributed by atoms with E-state index in [2.05, 4.69) is 5.32 Å². The summed E-state index contributed by atoms with van der Waals surface area (Å²) in [6.07, 6.45) is 0. The number of aromatic nitrogens is 1. The Labute approximate surface area is 123 Å². The molecule has 0 saturated heterocycles. The average Bonchev–Trinajstić information content (AvgIpc) is 2.76. The smallest absolute Gasteiger partial charge is 0.269 e. The molecular formula is C15H11FN2O2S. The predicted octanol–water partition coefficient (Wildman–Crippen LogP) is 2.84. The quantitative estimate of drug-likeness (QED) is 0.809. The predicted molar refractivity (Wildman–Crippen MR) is 81.1 cm³/mol. The lowest BCUT2D eigenvalue weighted by Crippen LogP contribution is -2.23. The Hall–Kier alpha value is -2.47. The van der Waals surface area contributed by atoms with Crippen LogP contribution in [0.2, 0.25) is 0 Å². The molecule has 2 aromatic carbocycles. The van der Waals surface area contributed by atoms with E-state index in [0.29, 0.717) is 15.8 Å². The summed E-state index contributed by atoms with van der Waals surface area (Å²) in [5, 5.41) is 3.01. The van der Waals surface area contributed by atoms with Crippen molar-refractivity contribution in [2.75, 3.05) is 5.32 Å². The van der Waals surface area contributed by atoms with Crippen LogP contribution in [0.4, 0.5) is 10.1 Å². The molecule has 0 aliphatic carbocycles. The lowest BCUT2D eigenvalue weighted by Gasteiger charge is -2.04. The van der Waals surface area contributed by atoms with Crippen molar-refractivity contribution in [3.05, 3.63) is 64.7 Å². The molecule has 0 radical (unpaired) electrons. The van der Waals surface area contributed by atoms with E-state index >= 15 is 0 Å². The van der Waals surface area contributed by atoms with E-state index in [9.17, 15) is 14.0 Å². The Bertz CT molecular complexity index is 855. The van der Waals surface area contributed by atoms with Crippen molar-refractivity contribution in [3.8, 4) is 0 Å². The van der Waals surface area contributed by atoms with Gasteiger partial charge in [0.1, 0.15) is 12.4 Å². The number of nitrogens with one attached hydrogen (secondary N) is 1. The molecule has 0 saturated carbocycles. The highest BCUT2D eigenvalue weighted by atomic mass is 32.1. The summed E-state index contributed by atoms with van der Waals surface area (Å²) in [6.45, 7) is -0.0886. The SMILES string of the molecule is O=C(Cn1sc2ccc(F)cc2c1=O)Nc1ccccc1. The number of hydrogen-bond acceptors (Lipinski definition) is 3. The number of fused-ring (bicyclic) bond motifs is 1. The standard InChI is InChI=1S/C15H11FN2O2S/c16-10-6-7-13-12(8-10)15(20)18(21-13)9-14(19)17-11-4-2-1-3-5-11/h1-8H,9H2,(H,17,19). The summed E-state index contributed by atoms with van der Waals surface area (Å²) in [4.78, 5) is 24.0. The molecule has 0 unspecified atom stereocenters. The van der Waals surface area contributed by atoms with Gasteiger partial charge in [-0.05, 0) is 30.3 Å². The first-order chi connectivity index (χ1) is 10.1. The molecule has 4 nitrogen and oxygen atoms in total. The Morgan fingerprint density at radius 3 is 2.71 bits per heavy atom. The van der Waals surface area contributed by atoms with Crippen molar-refractivity contribution in [3.63, 3.8) is 0 Å². The number of anilines is 1. The highest BCUT2D eigenvalue weighted by Gasteiger charge is 2.11. The van der Waals surface area contributed by atoms with Crippen LogP contribution in [0.5, 0.6) is 0 Å². The van der Waals surface area contributed by atoms with E-state index in [-0.39, 0.29) is 18.0 Å². The van der Waals surface area contributed by atoms with Gasteiger partial charge in [0, 0.05) is 5.69 Å². The Morgan fingerprint density at radius 2 is 1.95 bits per heavy atom. The molecule has 0 aliphatic rings. The van der Waals surface area contributed by atoms with Gasteiger partial charge in [-0.15, -0.1) is 0 Å². The largest absolute Gasteiger partial charge is 0.325 e. The van der Waals surface area contributed by atoms with Crippen molar-refractivity contribution < 1.29 is 9.18 Å². The van der Waals surface area contributed by atoms with E-state index in [1.165, 1.54) is 16.1 Å². The van der Waals surface area contributed by atoms with Crippen LogP contribution in [0.3, 0.4) is 0 Å². The Morgan fingerprint density at radius 1 is 1.19 bits per heavy atom. The maximum atomic E-state index is 13.2. The number of nitrogens with zero attached hydrogens (tertiary/aromatic N) is 1. The maximum Gasteiger partial charge on any atom is 0.269 e. The minimum Gasteiger partial charge on any atom is -0.325 e. The summed E-state index contributed by atoms with van der Waals surface area (Å²) in [7, 11) is 0. The van der Waals surface area contributed by atoms with Crippen molar-refractivity contribution in [1.29, 1.82) is 0 Å². The lowest BCUT2D eigenvalue weighted by molar-refractivity contribution is -0.116. The molecule has 1 heterocycles. The number of amides is 1. The van der Waals surface area contributed by atoms with Crippen LogP contribution >= 0.6 is 11.5 Å². The van der Waals surface area contributed by atoms with Crippen molar-refractivity contribution in [2.45, 2.75) is 6.54 Å². The summed E-state index contributed by atoms with van der Waals surface area (Å²) in [5.41, 5.74) is 0.320. The minimum absolute atomic E-state index is 0.0886. The number of carbonyl (C=O) groups excluding carboxylic acids is 1. The molecule has 106 valence electrons. The van der Waals surface area contributed by atoms with Crippen molar-refractivity contribution in [1.82, 2.24) is 3.96 Å². The molecule has 0 fully saturated rings. The normalized spacial score (nSPS) is 10.7. The average molecular weight is 302 g/mol. The van der Waals surface area contributed by atoms with Gasteiger partial charge in [-0.25, -0.2) is 4.39 Å². The zero-order valence-electron chi connectivity index (χ0n) is 10.9. The van der Waals surface area contributed by atoms with Gasteiger partial charge in [0.2, 0.25) is 5.91 Å². The summed E-state index contributed by atoms with van der Waals surface area (Å²) in [6, 6.07) is 13.0. The van der Waals surface area contributed by atoms with E-state index in [1.807, 2.05) is 18.2 Å². The van der Waals surface area contributed by atoms with Gasteiger partial charge in [0.25, 0.3) is 5.56 Å². The van der Waals surface area contributed by atoms with Gasteiger partial charge < -0.3 is 5.32 Å². The molecule has 6 heteroatoms. The van der Waals surface area contributed by atoms with E-state index in [0.717, 1.165) is 11.5 Å². The summed E-state index contributed by atoms with van der Waals surface area (Å²) >= 11 is 1.15. The van der Waals surface area contributed by atoms with Crippen molar-refractivity contribution in [2.24, 2.45) is 0 Å². The number of para-hydroxylation sites is 1. The number of benzene rings is 2. The zero-order valence-corrected chi connectivity index (χ0v) is 11.7. The van der Waals surface area contributed by atoms with Gasteiger partial charge in [-0.2, -0.15) is 0 Å². The van der Waals surface area contributed by atoms with Gasteiger partial charge in [0.15, 0.2) is 0 Å².